The second kappa shape index (κ2) is 5.76. The second-order valence-corrected chi connectivity index (χ2v) is 8.79. The fourth-order valence-electron chi connectivity index (χ4n) is 2.70. The molecule has 1 aliphatic rings. The maximum atomic E-state index is 11.8. The van der Waals surface area contributed by atoms with Crippen molar-refractivity contribution in [2.75, 3.05) is 11.1 Å². The molecule has 1 aromatic rings. The van der Waals surface area contributed by atoms with Gasteiger partial charge in [-0.25, -0.2) is 8.42 Å². The highest BCUT2D eigenvalue weighted by molar-refractivity contribution is 7.91. The lowest BCUT2D eigenvalue weighted by Crippen LogP contribution is -2.29. The Morgan fingerprint density at radius 1 is 1.15 bits per heavy atom. The lowest BCUT2D eigenvalue weighted by molar-refractivity contribution is 0.232. The molecule has 4 heteroatoms. The summed E-state index contributed by atoms with van der Waals surface area (Å²) in [6.07, 6.45) is 4.85. The Hall–Kier alpha value is -1.03. The first-order valence-electron chi connectivity index (χ1n) is 7.42. The number of hydrogen-bond acceptors (Lipinski definition) is 3. The molecule has 1 saturated carbocycles. The predicted molar refractivity (Wildman–Crippen MR) is 83.8 cm³/mol. The molecule has 0 aliphatic heterocycles. The second-order valence-electron chi connectivity index (χ2n) is 6.51. The minimum atomic E-state index is -3.09. The molecule has 0 spiro atoms. The van der Waals surface area contributed by atoms with E-state index in [-0.39, 0.29) is 5.75 Å². The van der Waals surface area contributed by atoms with Gasteiger partial charge < -0.3 is 5.32 Å². The lowest BCUT2D eigenvalue weighted by atomic mass is 9.75. The highest BCUT2D eigenvalue weighted by Crippen LogP contribution is 2.36. The quantitative estimate of drug-likeness (QED) is 0.917. The molecule has 0 unspecified atom stereocenters. The molecular formula is C16H25NO2S. The van der Waals surface area contributed by atoms with Gasteiger partial charge >= 0.3 is 0 Å². The van der Waals surface area contributed by atoms with E-state index in [4.69, 9.17) is 0 Å². The van der Waals surface area contributed by atoms with E-state index in [1.54, 1.807) is 19.1 Å². The van der Waals surface area contributed by atoms with Gasteiger partial charge in [0.15, 0.2) is 9.84 Å². The van der Waals surface area contributed by atoms with Gasteiger partial charge in [-0.15, -0.1) is 0 Å². The van der Waals surface area contributed by atoms with E-state index in [9.17, 15) is 8.42 Å². The number of hydrogen-bond donors (Lipinski definition) is 1. The van der Waals surface area contributed by atoms with E-state index in [0.717, 1.165) is 5.69 Å². The summed E-state index contributed by atoms with van der Waals surface area (Å²) in [6, 6.07) is 7.67. The van der Waals surface area contributed by atoms with Crippen LogP contribution in [0.5, 0.6) is 0 Å². The molecule has 1 aromatic carbocycles. The average Bonchev–Trinajstić information content (AvgIpc) is 2.42. The maximum absolute atomic E-state index is 11.8. The largest absolute Gasteiger partial charge is 0.382 e. The standard InChI is InChI=1S/C16H25NO2S/c1-4-20(18,19)15-7-5-13(6-8-15)17-14-9-11-16(2,3)12-10-14/h5-8,14,17H,4,9-12H2,1-3H3. The molecule has 1 fully saturated rings. The van der Waals surface area contributed by atoms with Gasteiger partial charge in [0, 0.05) is 11.7 Å². The molecule has 0 amide bonds. The first kappa shape index (κ1) is 15.4. The predicted octanol–water partition coefficient (Wildman–Crippen LogP) is 3.86. The summed E-state index contributed by atoms with van der Waals surface area (Å²) in [5.41, 5.74) is 1.49. The number of nitrogens with one attached hydrogen (secondary N) is 1. The van der Waals surface area contributed by atoms with Crippen molar-refractivity contribution in [2.24, 2.45) is 5.41 Å². The summed E-state index contributed by atoms with van der Waals surface area (Å²) < 4.78 is 23.5. The number of benzene rings is 1. The van der Waals surface area contributed by atoms with E-state index in [0.29, 0.717) is 16.4 Å². The molecule has 1 N–H and O–H groups in total. The van der Waals surface area contributed by atoms with Crippen LogP contribution in [0.3, 0.4) is 0 Å². The van der Waals surface area contributed by atoms with Crippen LogP contribution in [0.1, 0.15) is 46.5 Å². The van der Waals surface area contributed by atoms with Gasteiger partial charge in [0.1, 0.15) is 0 Å². The molecule has 0 heterocycles. The highest BCUT2D eigenvalue weighted by Gasteiger charge is 2.26. The Labute approximate surface area is 122 Å². The molecule has 0 aromatic heterocycles. The summed E-state index contributed by atoms with van der Waals surface area (Å²) in [6.45, 7) is 6.33. The Morgan fingerprint density at radius 3 is 2.20 bits per heavy atom. The molecule has 112 valence electrons. The van der Waals surface area contributed by atoms with E-state index >= 15 is 0 Å². The Bertz CT molecular complexity index is 536. The minimum absolute atomic E-state index is 0.150. The summed E-state index contributed by atoms with van der Waals surface area (Å²) in [5, 5.41) is 3.52. The van der Waals surface area contributed by atoms with E-state index in [2.05, 4.69) is 19.2 Å². The van der Waals surface area contributed by atoms with Gasteiger partial charge in [0.25, 0.3) is 0 Å². The van der Waals surface area contributed by atoms with Crippen LogP contribution in [0, 0.1) is 5.41 Å². The van der Waals surface area contributed by atoms with Crippen molar-refractivity contribution in [3.63, 3.8) is 0 Å². The molecule has 0 atom stereocenters. The number of anilines is 1. The molecule has 0 saturated heterocycles. The van der Waals surface area contributed by atoms with E-state index in [1.807, 2.05) is 12.1 Å². The molecule has 3 nitrogen and oxygen atoms in total. The van der Waals surface area contributed by atoms with Crippen molar-refractivity contribution in [3.8, 4) is 0 Å². The normalized spacial score (nSPS) is 19.8. The van der Waals surface area contributed by atoms with Gasteiger partial charge in [-0.2, -0.15) is 0 Å². The molecule has 1 aliphatic carbocycles. The van der Waals surface area contributed by atoms with Crippen LogP contribution in [0.15, 0.2) is 29.2 Å². The summed E-state index contributed by atoms with van der Waals surface area (Å²) in [4.78, 5) is 0.412. The Balaban J connectivity index is 1.98. The molecule has 20 heavy (non-hydrogen) atoms. The Kier molecular flexibility index (Phi) is 4.43. The summed E-state index contributed by atoms with van der Waals surface area (Å²) in [5.74, 6) is 0.150. The van der Waals surface area contributed by atoms with Crippen molar-refractivity contribution >= 4 is 15.5 Å². The van der Waals surface area contributed by atoms with E-state index < -0.39 is 9.84 Å². The monoisotopic (exact) mass is 295 g/mol. The van der Waals surface area contributed by atoms with Gasteiger partial charge in [-0.3, -0.25) is 0 Å². The first-order valence-corrected chi connectivity index (χ1v) is 9.07. The van der Waals surface area contributed by atoms with Crippen LogP contribution in [-0.2, 0) is 9.84 Å². The van der Waals surface area contributed by atoms with Crippen LogP contribution in [0.25, 0.3) is 0 Å². The fraction of sp³-hybridized carbons (Fsp3) is 0.625. The van der Waals surface area contributed by atoms with Crippen LogP contribution in [0.2, 0.25) is 0 Å². The van der Waals surface area contributed by atoms with Crippen molar-refractivity contribution in [1.29, 1.82) is 0 Å². The average molecular weight is 295 g/mol. The number of sulfone groups is 1. The minimum Gasteiger partial charge on any atom is -0.382 e. The zero-order chi connectivity index (χ0) is 14.8. The zero-order valence-electron chi connectivity index (χ0n) is 12.6. The summed E-state index contributed by atoms with van der Waals surface area (Å²) >= 11 is 0. The molecule has 0 bridgehead atoms. The van der Waals surface area contributed by atoms with E-state index in [1.165, 1.54) is 25.7 Å². The SMILES string of the molecule is CCS(=O)(=O)c1ccc(NC2CCC(C)(C)CC2)cc1. The van der Waals surface area contributed by atoms with Crippen molar-refractivity contribution in [3.05, 3.63) is 24.3 Å². The third kappa shape index (κ3) is 3.75. The van der Waals surface area contributed by atoms with Crippen molar-refractivity contribution in [1.82, 2.24) is 0 Å². The van der Waals surface area contributed by atoms with Gasteiger partial charge in [0.2, 0.25) is 0 Å². The van der Waals surface area contributed by atoms with Crippen molar-refractivity contribution in [2.45, 2.75) is 57.4 Å². The summed E-state index contributed by atoms with van der Waals surface area (Å²) in [7, 11) is -3.09. The molecular weight excluding hydrogens is 270 g/mol. The van der Waals surface area contributed by atoms with Crippen LogP contribution in [0.4, 0.5) is 5.69 Å². The van der Waals surface area contributed by atoms with Gasteiger partial charge in [-0.05, 0) is 55.4 Å². The Morgan fingerprint density at radius 2 is 1.70 bits per heavy atom. The number of rotatable bonds is 4. The van der Waals surface area contributed by atoms with Gasteiger partial charge in [-0.1, -0.05) is 20.8 Å². The molecule has 2 rings (SSSR count). The third-order valence-corrected chi connectivity index (χ3v) is 6.05. The zero-order valence-corrected chi connectivity index (χ0v) is 13.5. The smallest absolute Gasteiger partial charge is 0.178 e. The maximum Gasteiger partial charge on any atom is 0.178 e. The van der Waals surface area contributed by atoms with Crippen LogP contribution in [-0.4, -0.2) is 20.2 Å². The fourth-order valence-corrected chi connectivity index (χ4v) is 3.59. The van der Waals surface area contributed by atoms with Gasteiger partial charge in [0.05, 0.1) is 10.6 Å². The van der Waals surface area contributed by atoms with Crippen molar-refractivity contribution < 1.29 is 8.42 Å². The first-order chi connectivity index (χ1) is 9.32. The molecule has 0 radical (unpaired) electrons. The van der Waals surface area contributed by atoms with Crippen LogP contribution < -0.4 is 5.32 Å². The third-order valence-electron chi connectivity index (χ3n) is 4.30. The van der Waals surface area contributed by atoms with Crippen LogP contribution >= 0.6 is 0 Å². The lowest BCUT2D eigenvalue weighted by Gasteiger charge is -2.35. The topological polar surface area (TPSA) is 46.2 Å². The highest BCUT2D eigenvalue weighted by atomic mass is 32.2.